The van der Waals surface area contributed by atoms with Crippen molar-refractivity contribution in [1.29, 1.82) is 5.26 Å². The molecule has 0 saturated carbocycles. The number of aliphatic carboxylic acids is 1. The van der Waals surface area contributed by atoms with Gasteiger partial charge in [-0.05, 0) is 11.8 Å². The maximum absolute atomic E-state index is 10.5. The van der Waals surface area contributed by atoms with Gasteiger partial charge in [-0.2, -0.15) is 5.26 Å². The highest BCUT2D eigenvalue weighted by Gasteiger charge is 2.10. The van der Waals surface area contributed by atoms with Crippen LogP contribution < -0.4 is 5.32 Å². The van der Waals surface area contributed by atoms with Gasteiger partial charge in [-0.25, -0.2) is 4.79 Å². The number of nitrogens with one attached hydrogen (secondary N) is 1. The van der Waals surface area contributed by atoms with Gasteiger partial charge in [0.25, 0.3) is 0 Å². The van der Waals surface area contributed by atoms with Crippen LogP contribution in [0.1, 0.15) is 0 Å². The number of carboxylic acids is 1. The number of nitrogens with zero attached hydrogens (tertiary/aromatic N) is 1. The summed E-state index contributed by atoms with van der Waals surface area (Å²) < 4.78 is 0. The Balaban J connectivity index is 3.28. The second-order valence-corrected chi connectivity index (χ2v) is 2.26. The number of hydrogen-bond acceptors (Lipinski definition) is 3. The van der Waals surface area contributed by atoms with Gasteiger partial charge in [0.2, 0.25) is 0 Å². The van der Waals surface area contributed by atoms with Gasteiger partial charge in [0.05, 0.1) is 5.70 Å². The highest BCUT2D eigenvalue weighted by molar-refractivity contribution is 5.90. The Morgan fingerprint density at radius 1 is 1.69 bits per heavy atom. The number of carboxylic acid groups (broad SMARTS) is 1. The lowest BCUT2D eigenvalue weighted by Crippen LogP contribution is -2.10. The predicted octanol–water partition coefficient (Wildman–Crippen LogP) is 0.318. The van der Waals surface area contributed by atoms with Crippen LogP contribution in [0.5, 0.6) is 0 Å². The molecule has 1 aliphatic rings. The van der Waals surface area contributed by atoms with Crippen molar-refractivity contribution < 1.29 is 9.90 Å². The molecule has 0 atom stereocenters. The monoisotopic (exact) mass is 174 g/mol. The van der Waals surface area contributed by atoms with Crippen molar-refractivity contribution in [1.82, 2.24) is 5.32 Å². The van der Waals surface area contributed by atoms with E-state index in [4.69, 9.17) is 10.4 Å². The molecule has 64 valence electrons. The average molecular weight is 174 g/mol. The Bertz CT molecular complexity index is 425. The molecule has 4 heteroatoms. The van der Waals surface area contributed by atoms with E-state index in [1.165, 1.54) is 6.08 Å². The summed E-state index contributed by atoms with van der Waals surface area (Å²) >= 11 is 0. The van der Waals surface area contributed by atoms with Crippen LogP contribution in [0.4, 0.5) is 0 Å². The van der Waals surface area contributed by atoms with E-state index in [0.29, 0.717) is 5.70 Å². The zero-order valence-electron chi connectivity index (χ0n) is 6.88. The van der Waals surface area contributed by atoms with Gasteiger partial charge in [0, 0.05) is 7.05 Å². The van der Waals surface area contributed by atoms with Gasteiger partial charge in [-0.3, -0.25) is 0 Å². The van der Waals surface area contributed by atoms with E-state index >= 15 is 0 Å². The molecule has 0 bridgehead atoms. The van der Waals surface area contributed by atoms with E-state index in [1.807, 2.05) is 6.07 Å². The zero-order chi connectivity index (χ0) is 9.84. The fourth-order valence-electron chi connectivity index (χ4n) is 0.850. The molecule has 0 radical (unpaired) electrons. The summed E-state index contributed by atoms with van der Waals surface area (Å²) in [5, 5.41) is 19.9. The van der Waals surface area contributed by atoms with Gasteiger partial charge in [-0.15, -0.1) is 0 Å². The molecule has 13 heavy (non-hydrogen) atoms. The first-order chi connectivity index (χ1) is 6.19. The number of likely N-dealkylation sites (N-methyl/N-ethyl adjacent to an activating group) is 1. The second-order valence-electron chi connectivity index (χ2n) is 2.26. The Hall–Kier alpha value is -2.20. The third-order valence-electron chi connectivity index (χ3n) is 1.49. The van der Waals surface area contributed by atoms with Crippen LogP contribution in [-0.4, -0.2) is 18.1 Å². The molecular formula is C9H6N2O2. The highest BCUT2D eigenvalue weighted by Crippen LogP contribution is 2.11. The summed E-state index contributed by atoms with van der Waals surface area (Å²) in [4.78, 5) is 10.5. The van der Waals surface area contributed by atoms with Crippen LogP contribution in [0.2, 0.25) is 0 Å². The van der Waals surface area contributed by atoms with Crippen molar-refractivity contribution in [2.24, 2.45) is 0 Å². The number of hydrogen-bond donors (Lipinski definition) is 2. The Labute approximate surface area is 74.8 Å². The lowest BCUT2D eigenvalue weighted by Gasteiger charge is -2.04. The van der Waals surface area contributed by atoms with Crippen LogP contribution >= 0.6 is 0 Å². The Morgan fingerprint density at radius 2 is 2.38 bits per heavy atom. The summed E-state index contributed by atoms with van der Waals surface area (Å²) in [6, 6.07) is 1.87. The molecule has 0 aliphatic heterocycles. The zero-order valence-corrected chi connectivity index (χ0v) is 6.88. The van der Waals surface area contributed by atoms with Gasteiger partial charge in [-0.1, -0.05) is 5.73 Å². The molecule has 0 aromatic rings. The predicted molar refractivity (Wildman–Crippen MR) is 44.4 cm³/mol. The third kappa shape index (κ3) is 1.69. The minimum atomic E-state index is -1.09. The van der Waals surface area contributed by atoms with Crippen molar-refractivity contribution in [3.05, 3.63) is 34.4 Å². The van der Waals surface area contributed by atoms with Crippen molar-refractivity contribution >= 4 is 5.97 Å². The van der Waals surface area contributed by atoms with Crippen LogP contribution in [0.25, 0.3) is 0 Å². The molecule has 0 fully saturated rings. The molecule has 1 rings (SSSR count). The number of allylic oxidation sites excluding steroid dienone is 1. The van der Waals surface area contributed by atoms with Crippen LogP contribution in [0.15, 0.2) is 34.4 Å². The average Bonchev–Trinajstić information content (AvgIpc) is 2.16. The smallest absolute Gasteiger partial charge is 0.344 e. The first-order valence-corrected chi connectivity index (χ1v) is 3.48. The third-order valence-corrected chi connectivity index (χ3v) is 1.49. The number of nitriles is 1. The van der Waals surface area contributed by atoms with Crippen molar-refractivity contribution in [2.45, 2.75) is 0 Å². The molecule has 2 N–H and O–H groups in total. The molecule has 4 nitrogen and oxygen atoms in total. The van der Waals surface area contributed by atoms with Gasteiger partial charge in [0.15, 0.2) is 0 Å². The molecule has 0 saturated heterocycles. The summed E-state index contributed by atoms with van der Waals surface area (Å²) in [7, 11) is 1.61. The van der Waals surface area contributed by atoms with Crippen molar-refractivity contribution in [2.75, 3.05) is 7.05 Å². The van der Waals surface area contributed by atoms with Crippen LogP contribution in [-0.2, 0) is 4.79 Å². The summed E-state index contributed by atoms with van der Waals surface area (Å²) in [5.74, 6) is -1.09. The van der Waals surface area contributed by atoms with E-state index in [1.54, 1.807) is 7.05 Å². The molecule has 0 aromatic carbocycles. The summed E-state index contributed by atoms with van der Waals surface area (Å²) in [6.07, 6.45) is 1.34. The molecule has 0 aromatic heterocycles. The lowest BCUT2D eigenvalue weighted by atomic mass is 10.1. The SMILES string of the molecule is CNC1=CC(C(=O)O)=C=C=C1C#N. The quantitative estimate of drug-likeness (QED) is 0.591. The standard InChI is InChI=1S/C9H6N2O2/c1-11-8-4-6(9(12)13)2-3-7(8)5-10/h4,11H,1H3,(H,12,13). The highest BCUT2D eigenvalue weighted by atomic mass is 16.4. The topological polar surface area (TPSA) is 73.1 Å². The Kier molecular flexibility index (Phi) is 2.37. The molecular weight excluding hydrogens is 168 g/mol. The largest absolute Gasteiger partial charge is 0.477 e. The van der Waals surface area contributed by atoms with E-state index in [0.717, 1.165) is 0 Å². The van der Waals surface area contributed by atoms with Gasteiger partial charge < -0.3 is 10.4 Å². The van der Waals surface area contributed by atoms with Crippen LogP contribution in [0.3, 0.4) is 0 Å². The first kappa shape index (κ1) is 8.89. The minimum absolute atomic E-state index is 0.0108. The first-order valence-electron chi connectivity index (χ1n) is 3.48. The summed E-state index contributed by atoms with van der Waals surface area (Å²) in [5.41, 5.74) is 5.52. The second kappa shape index (κ2) is 3.46. The summed E-state index contributed by atoms with van der Waals surface area (Å²) in [6.45, 7) is 0. The van der Waals surface area contributed by atoms with Crippen molar-refractivity contribution in [3.63, 3.8) is 0 Å². The van der Waals surface area contributed by atoms with E-state index in [9.17, 15) is 4.79 Å². The van der Waals surface area contributed by atoms with Crippen molar-refractivity contribution in [3.8, 4) is 6.07 Å². The Morgan fingerprint density at radius 3 is 2.85 bits per heavy atom. The molecule has 0 spiro atoms. The number of carbonyl (C=O) groups is 1. The fraction of sp³-hybridized carbons (Fsp3) is 0.111. The fourth-order valence-corrected chi connectivity index (χ4v) is 0.850. The van der Waals surface area contributed by atoms with Crippen LogP contribution in [0, 0.1) is 11.3 Å². The van der Waals surface area contributed by atoms with E-state index < -0.39 is 5.97 Å². The normalized spacial score (nSPS) is 13.7. The molecule has 0 heterocycles. The van der Waals surface area contributed by atoms with E-state index in [-0.39, 0.29) is 11.1 Å². The van der Waals surface area contributed by atoms with Gasteiger partial charge >= 0.3 is 5.97 Å². The number of rotatable bonds is 2. The molecule has 1 aliphatic carbocycles. The molecule has 0 unspecified atom stereocenters. The van der Waals surface area contributed by atoms with E-state index in [2.05, 4.69) is 16.8 Å². The molecule has 0 amide bonds. The maximum Gasteiger partial charge on any atom is 0.344 e. The lowest BCUT2D eigenvalue weighted by molar-refractivity contribution is -0.132. The maximum atomic E-state index is 10.5. The van der Waals surface area contributed by atoms with Gasteiger partial charge in [0.1, 0.15) is 17.2 Å². The minimum Gasteiger partial charge on any atom is -0.477 e.